The molecule has 0 amide bonds. The molecular weight excluding hydrogens is 498 g/mol. The van der Waals surface area contributed by atoms with E-state index in [0.29, 0.717) is 23.6 Å². The number of hydrogen-bond donors (Lipinski definition) is 2. The molecule has 0 unspecified atom stereocenters. The number of hydrogen-bond acceptors (Lipinski definition) is 5. The largest absolute Gasteiger partial charge is 0.461 e. The zero-order chi connectivity index (χ0) is 26.9. The topological polar surface area (TPSA) is 101 Å². The first-order valence-electron chi connectivity index (χ1n) is 12.2. The number of esters is 1. The number of carbonyl (C=O) groups excluding carboxylic acids is 1. The van der Waals surface area contributed by atoms with Crippen molar-refractivity contribution in [1.29, 1.82) is 5.41 Å². The second-order valence-electron chi connectivity index (χ2n) is 9.01. The van der Waals surface area contributed by atoms with Gasteiger partial charge in [-0.1, -0.05) is 54.6 Å². The lowest BCUT2D eigenvalue weighted by molar-refractivity contribution is 0.0515. The molecule has 192 valence electrons. The minimum Gasteiger partial charge on any atom is -0.461 e. The van der Waals surface area contributed by atoms with Gasteiger partial charge in [0.25, 0.3) is 10.0 Å². The third kappa shape index (κ3) is 4.90. The van der Waals surface area contributed by atoms with E-state index in [9.17, 15) is 13.2 Å². The third-order valence-electron chi connectivity index (χ3n) is 6.40. The number of fused-ring (bicyclic) bond motifs is 2. The predicted molar refractivity (Wildman–Crippen MR) is 151 cm³/mol. The average molecular weight is 526 g/mol. The molecule has 38 heavy (non-hydrogen) atoms. The minimum atomic E-state index is -3.79. The molecule has 1 heterocycles. The van der Waals surface area contributed by atoms with E-state index in [-0.39, 0.29) is 11.5 Å². The lowest BCUT2D eigenvalue weighted by Gasteiger charge is -2.16. The van der Waals surface area contributed by atoms with Crippen LogP contribution in [0.25, 0.3) is 21.7 Å². The van der Waals surface area contributed by atoms with Crippen molar-refractivity contribution in [1.82, 2.24) is 4.57 Å². The van der Waals surface area contributed by atoms with Gasteiger partial charge < -0.3 is 14.7 Å². The van der Waals surface area contributed by atoms with Gasteiger partial charge in [0.05, 0.1) is 11.5 Å². The standard InChI is InChI=1S/C30H27N3O4S/c1-3-37-30(34)29-18-23-14-13-21(20(2)31)17-28(23)33(29)19-24-16-25(15-22-9-7-8-12-27(22)24)32-38(35,36)26-10-5-4-6-11-26/h4-18,31-32H,3,19H2,1-2H3. The molecule has 0 fully saturated rings. The maximum Gasteiger partial charge on any atom is 0.354 e. The van der Waals surface area contributed by atoms with E-state index >= 15 is 0 Å². The van der Waals surface area contributed by atoms with Crippen molar-refractivity contribution in [3.63, 3.8) is 0 Å². The monoisotopic (exact) mass is 525 g/mol. The molecule has 0 saturated heterocycles. The molecule has 0 radical (unpaired) electrons. The number of ether oxygens (including phenoxy) is 1. The first-order chi connectivity index (χ1) is 18.3. The summed E-state index contributed by atoms with van der Waals surface area (Å²) in [4.78, 5) is 13.1. The Bertz CT molecular complexity index is 1790. The molecule has 4 aromatic carbocycles. The first-order valence-corrected chi connectivity index (χ1v) is 13.7. The summed E-state index contributed by atoms with van der Waals surface area (Å²) in [6, 6.07) is 27.0. The van der Waals surface area contributed by atoms with Gasteiger partial charge in [0.2, 0.25) is 0 Å². The molecule has 1 aromatic heterocycles. The van der Waals surface area contributed by atoms with Crippen molar-refractivity contribution in [2.45, 2.75) is 25.3 Å². The van der Waals surface area contributed by atoms with E-state index in [0.717, 1.165) is 32.8 Å². The van der Waals surface area contributed by atoms with Crippen molar-refractivity contribution >= 4 is 49.1 Å². The fraction of sp³-hybridized carbons (Fsp3) is 0.133. The Labute approximate surface area is 221 Å². The van der Waals surface area contributed by atoms with Crippen LogP contribution in [0.15, 0.2) is 95.9 Å². The molecule has 0 spiro atoms. The first kappa shape index (κ1) is 25.2. The van der Waals surface area contributed by atoms with Crippen molar-refractivity contribution in [3.05, 3.63) is 108 Å². The average Bonchev–Trinajstić information content (AvgIpc) is 3.27. The second-order valence-corrected chi connectivity index (χ2v) is 10.7. The molecule has 0 atom stereocenters. The van der Waals surface area contributed by atoms with Gasteiger partial charge in [-0.2, -0.15) is 0 Å². The molecule has 7 nitrogen and oxygen atoms in total. The van der Waals surface area contributed by atoms with E-state index in [2.05, 4.69) is 4.72 Å². The highest BCUT2D eigenvalue weighted by molar-refractivity contribution is 7.92. The van der Waals surface area contributed by atoms with Crippen LogP contribution < -0.4 is 4.72 Å². The van der Waals surface area contributed by atoms with Crippen LogP contribution in [-0.4, -0.2) is 31.3 Å². The number of aromatic nitrogens is 1. The Hall–Kier alpha value is -4.43. The van der Waals surface area contributed by atoms with Crippen LogP contribution in [0.1, 0.15) is 35.5 Å². The highest BCUT2D eigenvalue weighted by Gasteiger charge is 2.20. The number of nitrogens with one attached hydrogen (secondary N) is 2. The van der Waals surface area contributed by atoms with Crippen molar-refractivity contribution in [2.24, 2.45) is 0 Å². The van der Waals surface area contributed by atoms with Gasteiger partial charge in [-0.3, -0.25) is 4.72 Å². The van der Waals surface area contributed by atoms with Crippen LogP contribution in [-0.2, 0) is 21.3 Å². The second kappa shape index (κ2) is 10.1. The van der Waals surface area contributed by atoms with E-state index in [4.69, 9.17) is 10.1 Å². The molecule has 0 saturated carbocycles. The fourth-order valence-corrected chi connectivity index (χ4v) is 5.66. The number of nitrogens with zero attached hydrogens (tertiary/aromatic N) is 1. The number of carbonyl (C=O) groups is 1. The van der Waals surface area contributed by atoms with E-state index in [1.54, 1.807) is 62.4 Å². The summed E-state index contributed by atoms with van der Waals surface area (Å²) >= 11 is 0. The Morgan fingerprint density at radius 1 is 0.921 bits per heavy atom. The van der Waals surface area contributed by atoms with Crippen LogP contribution in [0.4, 0.5) is 5.69 Å². The van der Waals surface area contributed by atoms with Gasteiger partial charge in [0.1, 0.15) is 5.69 Å². The van der Waals surface area contributed by atoms with Gasteiger partial charge in [0, 0.05) is 28.8 Å². The number of benzene rings is 4. The minimum absolute atomic E-state index is 0.172. The van der Waals surface area contributed by atoms with Crippen molar-refractivity contribution < 1.29 is 17.9 Å². The Morgan fingerprint density at radius 3 is 2.39 bits per heavy atom. The molecule has 0 bridgehead atoms. The maximum atomic E-state index is 13.1. The van der Waals surface area contributed by atoms with Crippen molar-refractivity contribution in [3.8, 4) is 0 Å². The molecule has 2 N–H and O–H groups in total. The van der Waals surface area contributed by atoms with E-state index < -0.39 is 16.0 Å². The molecular formula is C30H27N3O4S. The molecule has 5 aromatic rings. The maximum absolute atomic E-state index is 13.1. The van der Waals surface area contributed by atoms with Gasteiger partial charge in [0.15, 0.2) is 0 Å². The zero-order valence-electron chi connectivity index (χ0n) is 21.1. The van der Waals surface area contributed by atoms with Gasteiger partial charge in [-0.25, -0.2) is 13.2 Å². The van der Waals surface area contributed by atoms with Crippen molar-refractivity contribution in [2.75, 3.05) is 11.3 Å². The molecule has 0 aliphatic rings. The Balaban J connectivity index is 1.66. The molecule has 8 heteroatoms. The summed E-state index contributed by atoms with van der Waals surface area (Å²) in [5, 5.41) is 10.7. The van der Waals surface area contributed by atoms with Crippen LogP contribution in [0, 0.1) is 5.41 Å². The Kier molecular flexibility index (Phi) is 6.73. The number of rotatable bonds is 8. The van der Waals surface area contributed by atoms with Gasteiger partial charge >= 0.3 is 5.97 Å². The summed E-state index contributed by atoms with van der Waals surface area (Å²) in [5.74, 6) is -0.443. The Morgan fingerprint density at radius 2 is 1.66 bits per heavy atom. The summed E-state index contributed by atoms with van der Waals surface area (Å²) in [6.07, 6.45) is 0. The van der Waals surface area contributed by atoms with E-state index in [1.165, 1.54) is 0 Å². The summed E-state index contributed by atoms with van der Waals surface area (Å²) < 4.78 is 36.0. The zero-order valence-corrected chi connectivity index (χ0v) is 21.9. The molecule has 0 aliphatic carbocycles. The molecule has 5 rings (SSSR count). The highest BCUT2D eigenvalue weighted by Crippen LogP contribution is 2.30. The third-order valence-corrected chi connectivity index (χ3v) is 7.80. The SMILES string of the molecule is CCOC(=O)c1cc2ccc(C(C)=N)cc2n1Cc1cc(NS(=O)(=O)c2ccccc2)cc2ccccc12. The smallest absolute Gasteiger partial charge is 0.354 e. The van der Waals surface area contributed by atoms with Crippen LogP contribution >= 0.6 is 0 Å². The lowest BCUT2D eigenvalue weighted by atomic mass is 10.0. The quantitative estimate of drug-likeness (QED) is 0.186. The fourth-order valence-electron chi connectivity index (χ4n) is 4.60. The van der Waals surface area contributed by atoms with Gasteiger partial charge in [-0.05, 0) is 72.1 Å². The van der Waals surface area contributed by atoms with Crippen LogP contribution in [0.2, 0.25) is 0 Å². The number of anilines is 1. The summed E-state index contributed by atoms with van der Waals surface area (Å²) in [6.45, 7) is 4.01. The van der Waals surface area contributed by atoms with E-state index in [1.807, 2.05) is 47.0 Å². The summed E-state index contributed by atoms with van der Waals surface area (Å²) in [5.41, 5.74) is 3.60. The molecule has 0 aliphatic heterocycles. The predicted octanol–water partition coefficient (Wildman–Crippen LogP) is 6.21. The van der Waals surface area contributed by atoms with Crippen LogP contribution in [0.5, 0.6) is 0 Å². The van der Waals surface area contributed by atoms with Crippen LogP contribution in [0.3, 0.4) is 0 Å². The lowest BCUT2D eigenvalue weighted by Crippen LogP contribution is -2.15. The van der Waals surface area contributed by atoms with Gasteiger partial charge in [-0.15, -0.1) is 0 Å². The summed E-state index contributed by atoms with van der Waals surface area (Å²) in [7, 11) is -3.79. The highest BCUT2D eigenvalue weighted by atomic mass is 32.2. The normalized spacial score (nSPS) is 11.5. The number of sulfonamides is 1.